The quantitative estimate of drug-likeness (QED) is 0.0234. The molecule has 0 radical (unpaired) electrons. The Balaban J connectivity index is 5.45. The van der Waals surface area contributed by atoms with E-state index in [-0.39, 0.29) is 71.2 Å². The van der Waals surface area contributed by atoms with Gasteiger partial charge in [-0.1, -0.05) is 43.6 Å². The third-order valence-electron chi connectivity index (χ3n) is 6.63. The second-order valence-corrected chi connectivity index (χ2v) is 15.5. The second-order valence-electron chi connectivity index (χ2n) is 15.5. The van der Waals surface area contributed by atoms with E-state index in [9.17, 15) is 19.2 Å². The van der Waals surface area contributed by atoms with Crippen LogP contribution < -0.4 is 5.32 Å². The SMILES string of the molecule is CC(C)(C)OC(=O)CCOCC(COCCC(=O)OC(C)(C)C)(COCCC(=O)OC(C)(C)C)NC(=O)CCCCCCCCCCN=[N+]=[N-]. The van der Waals surface area contributed by atoms with Crippen LogP contribution >= 0.6 is 0 Å². The van der Waals surface area contributed by atoms with Crippen molar-refractivity contribution in [2.75, 3.05) is 46.2 Å². The van der Waals surface area contributed by atoms with Crippen LogP contribution in [0.2, 0.25) is 0 Å². The number of carbonyl (C=O) groups excluding carboxylic acids is 4. The number of hydrogen-bond donors (Lipinski definition) is 1. The molecule has 290 valence electrons. The lowest BCUT2D eigenvalue weighted by Gasteiger charge is -2.34. The van der Waals surface area contributed by atoms with E-state index >= 15 is 0 Å². The van der Waals surface area contributed by atoms with Crippen LogP contribution in [-0.2, 0) is 47.6 Å². The van der Waals surface area contributed by atoms with Crippen molar-refractivity contribution in [3.8, 4) is 0 Å². The molecule has 0 unspecified atom stereocenters. The molecule has 14 nitrogen and oxygen atoms in total. The van der Waals surface area contributed by atoms with Gasteiger partial charge in [0, 0.05) is 17.9 Å². The first-order valence-corrected chi connectivity index (χ1v) is 18.0. The van der Waals surface area contributed by atoms with E-state index in [0.29, 0.717) is 13.0 Å². The largest absolute Gasteiger partial charge is 0.460 e. The molecule has 0 aromatic rings. The third-order valence-corrected chi connectivity index (χ3v) is 6.63. The number of nitrogens with zero attached hydrogens (tertiary/aromatic N) is 3. The second kappa shape index (κ2) is 25.1. The van der Waals surface area contributed by atoms with Crippen LogP contribution in [0.15, 0.2) is 5.11 Å². The van der Waals surface area contributed by atoms with Crippen molar-refractivity contribution in [2.45, 2.75) is 162 Å². The molecule has 0 bridgehead atoms. The van der Waals surface area contributed by atoms with Gasteiger partial charge in [0.05, 0.1) is 58.9 Å². The van der Waals surface area contributed by atoms with Crippen LogP contribution in [0.1, 0.15) is 139 Å². The van der Waals surface area contributed by atoms with Gasteiger partial charge in [0.1, 0.15) is 22.3 Å². The minimum atomic E-state index is -1.18. The highest BCUT2D eigenvalue weighted by Crippen LogP contribution is 2.16. The van der Waals surface area contributed by atoms with Crippen LogP contribution in [0.4, 0.5) is 0 Å². The molecule has 0 aliphatic heterocycles. The number of nitrogens with one attached hydrogen (secondary N) is 1. The van der Waals surface area contributed by atoms with Crippen LogP contribution in [0.5, 0.6) is 0 Å². The Morgan fingerprint density at radius 2 is 0.880 bits per heavy atom. The van der Waals surface area contributed by atoms with Crippen molar-refractivity contribution >= 4 is 23.8 Å². The van der Waals surface area contributed by atoms with Gasteiger partial charge in [-0.25, -0.2) is 0 Å². The van der Waals surface area contributed by atoms with Crippen molar-refractivity contribution in [1.29, 1.82) is 0 Å². The fourth-order valence-corrected chi connectivity index (χ4v) is 4.61. The molecule has 14 heteroatoms. The Morgan fingerprint density at radius 3 is 1.22 bits per heavy atom. The number of carbonyl (C=O) groups is 4. The molecule has 0 aliphatic rings. The Morgan fingerprint density at radius 1 is 0.540 bits per heavy atom. The summed E-state index contributed by atoms with van der Waals surface area (Å²) in [6.45, 7) is 16.5. The fourth-order valence-electron chi connectivity index (χ4n) is 4.61. The zero-order valence-corrected chi connectivity index (χ0v) is 32.4. The molecule has 1 amide bonds. The molecule has 50 heavy (non-hydrogen) atoms. The molecule has 0 heterocycles. The summed E-state index contributed by atoms with van der Waals surface area (Å²) in [5.74, 6) is -1.46. The lowest BCUT2D eigenvalue weighted by molar-refractivity contribution is -0.157. The number of ether oxygens (including phenoxy) is 6. The monoisotopic (exact) mass is 714 g/mol. The Bertz CT molecular complexity index is 953. The van der Waals surface area contributed by atoms with Gasteiger partial charge in [0.15, 0.2) is 0 Å². The van der Waals surface area contributed by atoms with E-state index in [4.69, 9.17) is 34.0 Å². The normalized spacial score (nSPS) is 12.2. The summed E-state index contributed by atoms with van der Waals surface area (Å²) in [5, 5.41) is 6.60. The number of azide groups is 1. The molecule has 0 rings (SSSR count). The summed E-state index contributed by atoms with van der Waals surface area (Å²) >= 11 is 0. The first-order valence-electron chi connectivity index (χ1n) is 18.0. The van der Waals surface area contributed by atoms with Gasteiger partial charge in [-0.05, 0) is 80.7 Å². The van der Waals surface area contributed by atoms with Crippen LogP contribution in [0, 0.1) is 0 Å². The lowest BCUT2D eigenvalue weighted by Crippen LogP contribution is -2.58. The highest BCUT2D eigenvalue weighted by molar-refractivity contribution is 5.77. The molecule has 0 fully saturated rings. The van der Waals surface area contributed by atoms with Crippen LogP contribution in [0.3, 0.4) is 0 Å². The predicted molar refractivity (Wildman–Crippen MR) is 190 cm³/mol. The topological polar surface area (TPSA) is 184 Å². The number of hydrogen-bond acceptors (Lipinski definition) is 11. The van der Waals surface area contributed by atoms with Crippen molar-refractivity contribution in [2.24, 2.45) is 5.11 Å². The average Bonchev–Trinajstić information content (AvgIpc) is 2.96. The maximum Gasteiger partial charge on any atom is 0.308 e. The molecular formula is C36H66N4O10. The third kappa shape index (κ3) is 29.9. The van der Waals surface area contributed by atoms with Gasteiger partial charge in [-0.15, -0.1) is 0 Å². The maximum absolute atomic E-state index is 13.3. The summed E-state index contributed by atoms with van der Waals surface area (Å²) in [5.41, 5.74) is 5.27. The Kier molecular flexibility index (Phi) is 23.6. The van der Waals surface area contributed by atoms with E-state index in [1.165, 1.54) is 0 Å². The fraction of sp³-hybridized carbons (Fsp3) is 0.889. The summed E-state index contributed by atoms with van der Waals surface area (Å²) in [6.07, 6.45) is 8.06. The molecule has 0 aliphatic carbocycles. The number of unbranched alkanes of at least 4 members (excludes halogenated alkanes) is 7. The smallest absolute Gasteiger partial charge is 0.308 e. The molecule has 0 saturated heterocycles. The molecular weight excluding hydrogens is 648 g/mol. The maximum atomic E-state index is 13.3. The summed E-state index contributed by atoms with van der Waals surface area (Å²) in [4.78, 5) is 52.8. The molecule has 1 N–H and O–H groups in total. The molecule has 0 aromatic heterocycles. The zero-order valence-electron chi connectivity index (χ0n) is 32.4. The van der Waals surface area contributed by atoms with Gasteiger partial charge in [0.25, 0.3) is 0 Å². The van der Waals surface area contributed by atoms with Gasteiger partial charge in [-0.3, -0.25) is 19.2 Å². The average molecular weight is 715 g/mol. The van der Waals surface area contributed by atoms with Gasteiger partial charge >= 0.3 is 17.9 Å². The summed E-state index contributed by atoms with van der Waals surface area (Å²) in [6, 6.07) is 0. The zero-order chi connectivity index (χ0) is 38.1. The Hall–Kier alpha value is -2.93. The van der Waals surface area contributed by atoms with E-state index in [1.54, 1.807) is 62.3 Å². The first-order chi connectivity index (χ1) is 23.3. The van der Waals surface area contributed by atoms with Gasteiger partial charge in [0.2, 0.25) is 5.91 Å². The number of rotatable bonds is 27. The van der Waals surface area contributed by atoms with Crippen molar-refractivity contribution in [3.05, 3.63) is 10.4 Å². The van der Waals surface area contributed by atoms with E-state index in [0.717, 1.165) is 44.9 Å². The predicted octanol–water partition coefficient (Wildman–Crippen LogP) is 6.91. The first kappa shape index (κ1) is 47.1. The molecule has 0 spiro atoms. The number of amides is 1. The minimum Gasteiger partial charge on any atom is -0.460 e. The van der Waals surface area contributed by atoms with Crippen LogP contribution in [-0.4, -0.2) is 92.3 Å². The van der Waals surface area contributed by atoms with Crippen molar-refractivity contribution in [1.82, 2.24) is 5.32 Å². The highest BCUT2D eigenvalue weighted by Gasteiger charge is 2.34. The number of esters is 3. The molecule has 0 aromatic carbocycles. The van der Waals surface area contributed by atoms with E-state index in [1.807, 2.05) is 0 Å². The highest BCUT2D eigenvalue weighted by atomic mass is 16.6. The van der Waals surface area contributed by atoms with Gasteiger partial charge in [-0.2, -0.15) is 0 Å². The summed E-state index contributed by atoms with van der Waals surface area (Å²) in [7, 11) is 0. The van der Waals surface area contributed by atoms with Crippen LogP contribution in [0.25, 0.3) is 10.4 Å². The van der Waals surface area contributed by atoms with Crippen molar-refractivity contribution in [3.63, 3.8) is 0 Å². The van der Waals surface area contributed by atoms with Crippen molar-refractivity contribution < 1.29 is 47.6 Å². The van der Waals surface area contributed by atoms with Gasteiger partial charge < -0.3 is 33.7 Å². The Labute approximate surface area is 300 Å². The van der Waals surface area contributed by atoms with E-state index in [2.05, 4.69) is 15.3 Å². The molecule has 0 atom stereocenters. The minimum absolute atomic E-state index is 0.00804. The summed E-state index contributed by atoms with van der Waals surface area (Å²) < 4.78 is 33.8. The van der Waals surface area contributed by atoms with E-state index < -0.39 is 40.2 Å². The lowest BCUT2D eigenvalue weighted by atomic mass is 10.0. The standard InChI is InChI=1S/C36H66N4O10/c1-33(2,3)48-30(42)19-23-45-26-36(27-46-24-20-31(43)49-34(4,5)6,28-47-25-21-32(44)50-35(7,8)9)39-29(41)18-16-14-12-10-11-13-15-17-22-38-40-37/h10-28H2,1-9H3,(H,39,41). The molecule has 0 saturated carbocycles.